The van der Waals surface area contributed by atoms with E-state index in [-0.39, 0.29) is 5.78 Å². The van der Waals surface area contributed by atoms with Crippen LogP contribution in [0.1, 0.15) is 22.3 Å². The van der Waals surface area contributed by atoms with Gasteiger partial charge in [0.15, 0.2) is 0 Å². The molecule has 0 unspecified atom stereocenters. The molecule has 0 radical (unpaired) electrons. The summed E-state index contributed by atoms with van der Waals surface area (Å²) in [6.45, 7) is 4.00. The van der Waals surface area contributed by atoms with Gasteiger partial charge in [-0.3, -0.25) is 4.79 Å². The van der Waals surface area contributed by atoms with E-state index in [0.29, 0.717) is 24.3 Å². The van der Waals surface area contributed by atoms with Crippen molar-refractivity contribution in [2.75, 3.05) is 14.2 Å². The van der Waals surface area contributed by atoms with Crippen LogP contribution in [0.2, 0.25) is 0 Å². The number of hydrogen-bond donors (Lipinski definition) is 0. The van der Waals surface area contributed by atoms with Crippen molar-refractivity contribution in [2.45, 2.75) is 26.7 Å². The quantitative estimate of drug-likeness (QED) is 0.600. The summed E-state index contributed by atoms with van der Waals surface area (Å²) >= 11 is 6.99. The molecule has 0 N–H and O–H groups in total. The number of Topliss-reactive ketones (excluding diaryl/α,β-unsaturated/α-hetero) is 1. The van der Waals surface area contributed by atoms with Crippen LogP contribution in [0.15, 0.2) is 33.2 Å². The Bertz CT molecular complexity index is 706. The highest BCUT2D eigenvalue weighted by Gasteiger charge is 2.16. The van der Waals surface area contributed by atoms with Gasteiger partial charge in [0.05, 0.1) is 23.2 Å². The van der Waals surface area contributed by atoms with Gasteiger partial charge in [0.2, 0.25) is 0 Å². The minimum Gasteiger partial charge on any atom is -0.495 e. The first-order chi connectivity index (χ1) is 11.3. The maximum atomic E-state index is 12.6. The molecule has 0 amide bonds. The van der Waals surface area contributed by atoms with Gasteiger partial charge in [0, 0.05) is 24.0 Å². The molecule has 0 atom stereocenters. The molecule has 0 aliphatic carbocycles. The number of rotatable bonds is 6. The zero-order valence-electron chi connectivity index (χ0n) is 14.2. The van der Waals surface area contributed by atoms with Crippen LogP contribution in [0.3, 0.4) is 0 Å². The fraction of sp³-hybridized carbons (Fsp3) is 0.316. The van der Waals surface area contributed by atoms with Gasteiger partial charge < -0.3 is 9.47 Å². The molecule has 2 rings (SSSR count). The minimum atomic E-state index is 0.113. The average Bonchev–Trinajstić information content (AvgIpc) is 2.46. The third-order valence-electron chi connectivity index (χ3n) is 3.71. The number of hydrogen-bond acceptors (Lipinski definition) is 3. The van der Waals surface area contributed by atoms with Crippen molar-refractivity contribution >= 4 is 37.6 Å². The third kappa shape index (κ3) is 4.39. The smallest absolute Gasteiger partial charge is 0.141 e. The summed E-state index contributed by atoms with van der Waals surface area (Å²) in [6, 6.07) is 7.94. The Labute approximate surface area is 159 Å². The van der Waals surface area contributed by atoms with Gasteiger partial charge >= 0.3 is 0 Å². The van der Waals surface area contributed by atoms with E-state index >= 15 is 0 Å². The molecule has 0 heterocycles. The number of benzene rings is 2. The van der Waals surface area contributed by atoms with Crippen LogP contribution >= 0.6 is 31.9 Å². The lowest BCUT2D eigenvalue weighted by atomic mass is 9.99. The SMILES string of the molecule is COc1c(Br)cc(C)cc1CC(=O)Cc1cc(C)cc(Br)c1OC. The summed E-state index contributed by atoms with van der Waals surface area (Å²) in [5.74, 6) is 1.54. The first-order valence-corrected chi connectivity index (χ1v) is 9.12. The number of carbonyl (C=O) groups excluding carboxylic acids is 1. The molecule has 0 aliphatic rings. The van der Waals surface area contributed by atoms with E-state index in [9.17, 15) is 4.79 Å². The van der Waals surface area contributed by atoms with Crippen LogP contribution in [0, 0.1) is 13.8 Å². The summed E-state index contributed by atoms with van der Waals surface area (Å²) in [5.41, 5.74) is 3.95. The molecule has 0 aliphatic heterocycles. The number of ketones is 1. The van der Waals surface area contributed by atoms with Crippen molar-refractivity contribution < 1.29 is 14.3 Å². The minimum absolute atomic E-state index is 0.113. The fourth-order valence-corrected chi connectivity index (χ4v) is 4.36. The van der Waals surface area contributed by atoms with Crippen molar-refractivity contribution in [2.24, 2.45) is 0 Å². The molecule has 0 saturated heterocycles. The van der Waals surface area contributed by atoms with Crippen molar-refractivity contribution in [1.82, 2.24) is 0 Å². The van der Waals surface area contributed by atoms with Gasteiger partial charge in [-0.2, -0.15) is 0 Å². The molecule has 128 valence electrons. The van der Waals surface area contributed by atoms with E-state index in [4.69, 9.17) is 9.47 Å². The molecule has 0 aromatic heterocycles. The molecule has 0 saturated carbocycles. The molecule has 24 heavy (non-hydrogen) atoms. The van der Waals surface area contributed by atoms with Crippen LogP contribution in [0.5, 0.6) is 11.5 Å². The normalized spacial score (nSPS) is 10.6. The summed E-state index contributed by atoms with van der Waals surface area (Å²) in [6.07, 6.45) is 0.635. The summed E-state index contributed by atoms with van der Waals surface area (Å²) in [7, 11) is 3.23. The van der Waals surface area contributed by atoms with E-state index in [2.05, 4.69) is 31.9 Å². The van der Waals surface area contributed by atoms with Gasteiger partial charge in [0.1, 0.15) is 17.3 Å². The number of methoxy groups -OCH3 is 2. The van der Waals surface area contributed by atoms with Gasteiger partial charge in [-0.25, -0.2) is 0 Å². The van der Waals surface area contributed by atoms with Crippen LogP contribution in [-0.4, -0.2) is 20.0 Å². The third-order valence-corrected chi connectivity index (χ3v) is 4.89. The molecule has 0 fully saturated rings. The molecular weight excluding hydrogens is 436 g/mol. The Kier molecular flexibility index (Phi) is 6.47. The number of carbonyl (C=O) groups is 1. The van der Waals surface area contributed by atoms with Gasteiger partial charge in [-0.05, 0) is 69.0 Å². The molecular formula is C19H20Br2O3. The average molecular weight is 456 g/mol. The molecule has 0 bridgehead atoms. The van der Waals surface area contributed by atoms with Crippen molar-refractivity contribution in [3.63, 3.8) is 0 Å². The van der Waals surface area contributed by atoms with Crippen molar-refractivity contribution in [3.8, 4) is 11.5 Å². The Morgan fingerprint density at radius 1 is 0.833 bits per heavy atom. The zero-order valence-corrected chi connectivity index (χ0v) is 17.4. The maximum Gasteiger partial charge on any atom is 0.141 e. The maximum absolute atomic E-state index is 12.6. The van der Waals surface area contributed by atoms with E-state index in [0.717, 1.165) is 31.2 Å². The lowest BCUT2D eigenvalue weighted by Gasteiger charge is -2.13. The monoisotopic (exact) mass is 454 g/mol. The Hall–Kier alpha value is -1.33. The first kappa shape index (κ1) is 19.0. The van der Waals surface area contributed by atoms with Crippen molar-refractivity contribution in [1.29, 1.82) is 0 Å². The molecule has 3 nitrogen and oxygen atoms in total. The van der Waals surface area contributed by atoms with Gasteiger partial charge in [-0.1, -0.05) is 12.1 Å². The number of ether oxygens (including phenoxy) is 2. The number of halogens is 2. The molecule has 0 spiro atoms. The van der Waals surface area contributed by atoms with E-state index in [1.807, 2.05) is 38.1 Å². The second-order valence-corrected chi connectivity index (χ2v) is 7.48. The summed E-state index contributed by atoms with van der Waals surface area (Å²) in [4.78, 5) is 12.6. The molecule has 2 aromatic rings. The second-order valence-electron chi connectivity index (χ2n) is 5.77. The first-order valence-electron chi connectivity index (χ1n) is 7.53. The van der Waals surface area contributed by atoms with Crippen LogP contribution in [-0.2, 0) is 17.6 Å². The largest absolute Gasteiger partial charge is 0.495 e. The lowest BCUT2D eigenvalue weighted by Crippen LogP contribution is -2.09. The zero-order chi connectivity index (χ0) is 17.9. The summed E-state index contributed by atoms with van der Waals surface area (Å²) in [5, 5.41) is 0. The van der Waals surface area contributed by atoms with Crippen LogP contribution in [0.4, 0.5) is 0 Å². The predicted octanol–water partition coefficient (Wildman–Crippen LogP) is 5.20. The molecule has 5 heteroatoms. The highest BCUT2D eigenvalue weighted by atomic mass is 79.9. The Morgan fingerprint density at radius 2 is 1.21 bits per heavy atom. The second kappa shape index (κ2) is 8.17. The van der Waals surface area contributed by atoms with Gasteiger partial charge in [0.25, 0.3) is 0 Å². The van der Waals surface area contributed by atoms with E-state index < -0.39 is 0 Å². The Morgan fingerprint density at radius 3 is 1.54 bits per heavy atom. The predicted molar refractivity (Wildman–Crippen MR) is 103 cm³/mol. The molecule has 2 aromatic carbocycles. The highest BCUT2D eigenvalue weighted by molar-refractivity contribution is 9.10. The van der Waals surface area contributed by atoms with Crippen molar-refractivity contribution in [3.05, 3.63) is 55.5 Å². The number of aryl methyl sites for hydroxylation is 2. The van der Waals surface area contributed by atoms with Gasteiger partial charge in [-0.15, -0.1) is 0 Å². The summed E-state index contributed by atoms with van der Waals surface area (Å²) < 4.78 is 12.6. The van der Waals surface area contributed by atoms with E-state index in [1.165, 1.54) is 0 Å². The Balaban J connectivity index is 2.27. The highest BCUT2D eigenvalue weighted by Crippen LogP contribution is 2.33. The van der Waals surface area contributed by atoms with Crippen LogP contribution < -0.4 is 9.47 Å². The van der Waals surface area contributed by atoms with E-state index in [1.54, 1.807) is 14.2 Å². The topological polar surface area (TPSA) is 35.5 Å². The lowest BCUT2D eigenvalue weighted by molar-refractivity contribution is -0.117. The standard InChI is InChI=1S/C19H20Br2O3/c1-11-5-13(18(23-3)16(20)7-11)9-15(22)10-14-6-12(2)8-17(21)19(14)24-4/h5-8H,9-10H2,1-4H3. The van der Waals surface area contributed by atoms with Crippen LogP contribution in [0.25, 0.3) is 0 Å². The fourth-order valence-electron chi connectivity index (χ4n) is 2.81.